The molecule has 6 nitrogen and oxygen atoms in total. The van der Waals surface area contributed by atoms with Gasteiger partial charge in [-0.15, -0.1) is 0 Å². The molecule has 6 heteroatoms. The lowest BCUT2D eigenvalue weighted by Gasteiger charge is -2.24. The van der Waals surface area contributed by atoms with Gasteiger partial charge in [-0.1, -0.05) is 0 Å². The van der Waals surface area contributed by atoms with Gasteiger partial charge in [0.1, 0.15) is 6.04 Å². The Balaban J connectivity index is 2.79. The van der Waals surface area contributed by atoms with Gasteiger partial charge in [0.05, 0.1) is 0 Å². The molecule has 1 aliphatic heterocycles. The average molecular weight is 202 g/mol. The van der Waals surface area contributed by atoms with Crippen LogP contribution in [0.4, 0.5) is 4.79 Å². The topological polar surface area (TPSA) is 81.1 Å². The summed E-state index contributed by atoms with van der Waals surface area (Å²) < 4.78 is 0. The van der Waals surface area contributed by atoms with Crippen LogP contribution in [0.15, 0.2) is 0 Å². The van der Waals surface area contributed by atoms with E-state index < -0.39 is 18.1 Å². The minimum Gasteiger partial charge on any atom is -0.480 e. The van der Waals surface area contributed by atoms with E-state index in [4.69, 9.17) is 10.2 Å². The molecule has 0 aromatic heterocycles. The SMILES string of the molecule is CN1CCCN(C(=O)O)C(C(=O)O)C1. The summed E-state index contributed by atoms with van der Waals surface area (Å²) in [7, 11) is 1.79. The summed E-state index contributed by atoms with van der Waals surface area (Å²) >= 11 is 0. The molecule has 1 saturated heterocycles. The van der Waals surface area contributed by atoms with Crippen molar-refractivity contribution >= 4 is 12.1 Å². The van der Waals surface area contributed by atoms with E-state index in [0.717, 1.165) is 11.4 Å². The summed E-state index contributed by atoms with van der Waals surface area (Å²) in [6.45, 7) is 1.27. The van der Waals surface area contributed by atoms with Gasteiger partial charge in [0, 0.05) is 13.1 Å². The van der Waals surface area contributed by atoms with E-state index in [1.165, 1.54) is 0 Å². The van der Waals surface area contributed by atoms with Crippen molar-refractivity contribution in [3.8, 4) is 0 Å². The summed E-state index contributed by atoms with van der Waals surface area (Å²) in [5.74, 6) is -1.08. The zero-order valence-corrected chi connectivity index (χ0v) is 8.01. The lowest BCUT2D eigenvalue weighted by molar-refractivity contribution is -0.142. The zero-order valence-electron chi connectivity index (χ0n) is 8.01. The maximum Gasteiger partial charge on any atom is 0.408 e. The Morgan fingerprint density at radius 3 is 2.43 bits per heavy atom. The van der Waals surface area contributed by atoms with E-state index in [9.17, 15) is 9.59 Å². The van der Waals surface area contributed by atoms with Gasteiger partial charge in [0.15, 0.2) is 0 Å². The highest BCUT2D eigenvalue weighted by molar-refractivity contribution is 5.79. The Labute approximate surface area is 81.7 Å². The van der Waals surface area contributed by atoms with E-state index in [2.05, 4.69) is 0 Å². The third-order valence-corrected chi connectivity index (χ3v) is 2.33. The first-order valence-electron chi connectivity index (χ1n) is 4.43. The number of aliphatic carboxylic acids is 1. The van der Waals surface area contributed by atoms with Gasteiger partial charge in [-0.25, -0.2) is 9.59 Å². The molecule has 0 aromatic rings. The Morgan fingerprint density at radius 2 is 1.93 bits per heavy atom. The molecule has 0 bridgehead atoms. The van der Waals surface area contributed by atoms with Crippen molar-refractivity contribution in [1.82, 2.24) is 9.80 Å². The second kappa shape index (κ2) is 4.28. The summed E-state index contributed by atoms with van der Waals surface area (Å²) in [4.78, 5) is 24.4. The van der Waals surface area contributed by atoms with Crippen molar-refractivity contribution < 1.29 is 19.8 Å². The van der Waals surface area contributed by atoms with Gasteiger partial charge in [-0.2, -0.15) is 0 Å². The van der Waals surface area contributed by atoms with Gasteiger partial charge >= 0.3 is 12.1 Å². The van der Waals surface area contributed by atoms with E-state index >= 15 is 0 Å². The number of nitrogens with zero attached hydrogens (tertiary/aromatic N) is 2. The van der Waals surface area contributed by atoms with E-state index in [1.54, 1.807) is 7.05 Å². The van der Waals surface area contributed by atoms with Crippen molar-refractivity contribution in [1.29, 1.82) is 0 Å². The number of carbonyl (C=O) groups is 2. The van der Waals surface area contributed by atoms with Crippen molar-refractivity contribution in [2.45, 2.75) is 12.5 Å². The molecule has 80 valence electrons. The monoisotopic (exact) mass is 202 g/mol. The molecule has 0 aromatic carbocycles. The number of hydrogen-bond acceptors (Lipinski definition) is 3. The Morgan fingerprint density at radius 1 is 1.29 bits per heavy atom. The van der Waals surface area contributed by atoms with Crippen LogP contribution in [0.2, 0.25) is 0 Å². The van der Waals surface area contributed by atoms with Gasteiger partial charge in [-0.05, 0) is 20.0 Å². The van der Waals surface area contributed by atoms with Crippen LogP contribution in [0.25, 0.3) is 0 Å². The molecule has 0 radical (unpaired) electrons. The largest absolute Gasteiger partial charge is 0.480 e. The molecular formula is C8H14N2O4. The normalized spacial score (nSPS) is 24.4. The maximum atomic E-state index is 10.8. The van der Waals surface area contributed by atoms with Crippen molar-refractivity contribution in [3.63, 3.8) is 0 Å². The first-order chi connectivity index (χ1) is 6.52. The fourth-order valence-corrected chi connectivity index (χ4v) is 1.59. The molecule has 1 amide bonds. The second-order valence-corrected chi connectivity index (χ2v) is 3.45. The molecule has 1 fully saturated rings. The molecular weight excluding hydrogens is 188 g/mol. The number of carboxylic acid groups (broad SMARTS) is 2. The fraction of sp³-hybridized carbons (Fsp3) is 0.750. The lowest BCUT2D eigenvalue weighted by Crippen LogP contribution is -2.48. The van der Waals surface area contributed by atoms with Crippen LogP contribution in [0.5, 0.6) is 0 Å². The minimum absolute atomic E-state index is 0.252. The summed E-state index contributed by atoms with van der Waals surface area (Å²) in [5.41, 5.74) is 0. The molecule has 1 aliphatic rings. The van der Waals surface area contributed by atoms with E-state index in [-0.39, 0.29) is 13.1 Å². The van der Waals surface area contributed by atoms with Crippen molar-refractivity contribution in [2.24, 2.45) is 0 Å². The number of likely N-dealkylation sites (N-methyl/N-ethyl adjacent to an activating group) is 1. The number of hydrogen-bond donors (Lipinski definition) is 2. The Kier molecular flexibility index (Phi) is 3.29. The highest BCUT2D eigenvalue weighted by Crippen LogP contribution is 2.09. The summed E-state index contributed by atoms with van der Waals surface area (Å²) in [6, 6.07) is -0.944. The summed E-state index contributed by atoms with van der Waals surface area (Å²) in [5, 5.41) is 17.7. The summed E-state index contributed by atoms with van der Waals surface area (Å²) in [6.07, 6.45) is -0.486. The molecule has 0 spiro atoms. The zero-order chi connectivity index (χ0) is 10.7. The highest BCUT2D eigenvalue weighted by Gasteiger charge is 2.32. The van der Waals surface area contributed by atoms with Crippen LogP contribution in [0.1, 0.15) is 6.42 Å². The van der Waals surface area contributed by atoms with Gasteiger partial charge in [-0.3, -0.25) is 4.90 Å². The van der Waals surface area contributed by atoms with Crippen LogP contribution in [-0.2, 0) is 4.79 Å². The molecule has 1 unspecified atom stereocenters. The van der Waals surface area contributed by atoms with Gasteiger partial charge < -0.3 is 15.1 Å². The molecule has 0 saturated carbocycles. The molecule has 2 N–H and O–H groups in total. The van der Waals surface area contributed by atoms with Gasteiger partial charge in [0.25, 0.3) is 0 Å². The molecule has 0 aliphatic carbocycles. The number of rotatable bonds is 1. The van der Waals surface area contributed by atoms with Crippen LogP contribution >= 0.6 is 0 Å². The second-order valence-electron chi connectivity index (χ2n) is 3.45. The molecule has 14 heavy (non-hydrogen) atoms. The number of amides is 1. The highest BCUT2D eigenvalue weighted by atomic mass is 16.4. The van der Waals surface area contributed by atoms with Crippen LogP contribution in [0.3, 0.4) is 0 Å². The maximum absolute atomic E-state index is 10.8. The van der Waals surface area contributed by atoms with Crippen LogP contribution in [-0.4, -0.2) is 64.8 Å². The predicted molar refractivity (Wildman–Crippen MR) is 48.3 cm³/mol. The van der Waals surface area contributed by atoms with Crippen LogP contribution < -0.4 is 0 Å². The number of carboxylic acids is 1. The van der Waals surface area contributed by atoms with Gasteiger partial charge in [0.2, 0.25) is 0 Å². The third-order valence-electron chi connectivity index (χ3n) is 2.33. The third kappa shape index (κ3) is 2.35. The first kappa shape index (κ1) is 10.8. The standard InChI is InChI=1S/C8H14N2O4/c1-9-3-2-4-10(8(13)14)6(5-9)7(11)12/h6H,2-5H2,1H3,(H,11,12)(H,13,14). The quantitative estimate of drug-likeness (QED) is 0.613. The van der Waals surface area contributed by atoms with Crippen LogP contribution in [0, 0.1) is 0 Å². The minimum atomic E-state index is -1.16. The van der Waals surface area contributed by atoms with E-state index in [0.29, 0.717) is 6.42 Å². The van der Waals surface area contributed by atoms with Crippen molar-refractivity contribution in [2.75, 3.05) is 26.7 Å². The molecule has 1 heterocycles. The smallest absolute Gasteiger partial charge is 0.408 e. The average Bonchev–Trinajstić information content (AvgIpc) is 2.26. The Hall–Kier alpha value is -1.30. The van der Waals surface area contributed by atoms with E-state index in [1.807, 2.05) is 4.90 Å². The van der Waals surface area contributed by atoms with Crippen molar-refractivity contribution in [3.05, 3.63) is 0 Å². The molecule has 1 rings (SSSR count). The Bertz CT molecular complexity index is 243. The lowest BCUT2D eigenvalue weighted by atomic mass is 10.2. The molecule has 1 atom stereocenters. The first-order valence-corrected chi connectivity index (χ1v) is 4.43. The fourth-order valence-electron chi connectivity index (χ4n) is 1.59. The predicted octanol–water partition coefficient (Wildman–Crippen LogP) is -0.245.